The van der Waals surface area contributed by atoms with Crippen LogP contribution in [0.2, 0.25) is 0 Å². The molecule has 0 aromatic heterocycles. The molecule has 0 heterocycles. The number of aliphatic hydroxyl groups excluding tert-OH is 4. The van der Waals surface area contributed by atoms with Crippen LogP contribution in [-0.4, -0.2) is 93.9 Å². The van der Waals surface area contributed by atoms with E-state index in [0.717, 1.165) is 44.4 Å². The van der Waals surface area contributed by atoms with Crippen LogP contribution in [0.15, 0.2) is 24.3 Å². The summed E-state index contributed by atoms with van der Waals surface area (Å²) in [6.07, 6.45) is 26.5. The van der Waals surface area contributed by atoms with E-state index < -0.39 is 76.5 Å². The molecule has 60 heavy (non-hydrogen) atoms. The van der Waals surface area contributed by atoms with Gasteiger partial charge < -0.3 is 34.8 Å². The Kier molecular flexibility index (Phi) is 33.2. The number of carbonyl (C=O) groups is 3. The number of rotatable bonds is 39. The van der Waals surface area contributed by atoms with Gasteiger partial charge in [-0.3, -0.25) is 23.4 Å². The van der Waals surface area contributed by atoms with Gasteiger partial charge in [0.15, 0.2) is 6.10 Å². The molecule has 0 amide bonds. The maximum atomic E-state index is 12.7. The van der Waals surface area contributed by atoms with Crippen LogP contribution in [0.4, 0.5) is 0 Å². The summed E-state index contributed by atoms with van der Waals surface area (Å²) in [7, 11) is -4.68. The van der Waals surface area contributed by atoms with Gasteiger partial charge in [-0.2, -0.15) is 0 Å². The molecule has 0 radical (unpaired) electrons. The van der Waals surface area contributed by atoms with Crippen molar-refractivity contribution in [2.24, 2.45) is 17.8 Å². The minimum Gasteiger partial charge on any atom is -0.462 e. The molecule has 1 saturated carbocycles. The summed E-state index contributed by atoms with van der Waals surface area (Å²) in [6, 6.07) is 0. The van der Waals surface area contributed by atoms with Gasteiger partial charge in [-0.15, -0.1) is 0 Å². The molecule has 0 aromatic rings. The highest BCUT2D eigenvalue weighted by atomic mass is 31.2. The molecule has 1 unspecified atom stereocenters. The molecule has 0 saturated heterocycles. The van der Waals surface area contributed by atoms with Crippen LogP contribution in [0.3, 0.4) is 0 Å². The van der Waals surface area contributed by atoms with E-state index in [1.807, 2.05) is 12.2 Å². The van der Waals surface area contributed by atoms with Gasteiger partial charge in [-0.25, -0.2) is 4.57 Å². The molecule has 14 heteroatoms. The van der Waals surface area contributed by atoms with E-state index in [1.165, 1.54) is 70.6 Å². The molecule has 0 aliphatic heterocycles. The molecule has 5 N–H and O–H groups in total. The zero-order chi connectivity index (χ0) is 44.4. The van der Waals surface area contributed by atoms with Crippen molar-refractivity contribution in [3.8, 4) is 0 Å². The predicted octanol–water partition coefficient (Wildman–Crippen LogP) is 9.01. The van der Waals surface area contributed by atoms with E-state index in [9.17, 15) is 39.2 Å². The van der Waals surface area contributed by atoms with Gasteiger partial charge in [0.2, 0.25) is 0 Å². The van der Waals surface area contributed by atoms with Crippen LogP contribution in [0.5, 0.6) is 0 Å². The van der Waals surface area contributed by atoms with Crippen molar-refractivity contribution in [2.75, 3.05) is 26.4 Å². The third kappa shape index (κ3) is 30.1. The zero-order valence-corrected chi connectivity index (χ0v) is 38.2. The Morgan fingerprint density at radius 3 is 1.93 bits per heavy atom. The predicted molar refractivity (Wildman–Crippen MR) is 234 cm³/mol. The molecular formula is C46H83O13P. The summed E-state index contributed by atoms with van der Waals surface area (Å²) in [5.74, 6) is -1.09. The highest BCUT2D eigenvalue weighted by molar-refractivity contribution is 7.47. The summed E-state index contributed by atoms with van der Waals surface area (Å²) in [5, 5.41) is 39.1. The SMILES string of the molecule is CCCCC[C@H](O)/C=C/[C@H]1C(=O)C[C@H](O)[C@@H]1C/C=C\CCCC(=O)OC[C@H](COP(=O)(O)OC[C@@H](O)CO)OC(=O)CCCCCCCCCCCCCCCCC(C)C. The van der Waals surface area contributed by atoms with Crippen LogP contribution < -0.4 is 0 Å². The normalized spacial score (nSPS) is 19.6. The number of ketones is 1. The Morgan fingerprint density at radius 2 is 1.33 bits per heavy atom. The van der Waals surface area contributed by atoms with E-state index in [1.54, 1.807) is 12.2 Å². The number of phosphoric acid groups is 1. The number of ether oxygens (including phenoxy) is 2. The minimum atomic E-state index is -4.68. The molecule has 7 atom stereocenters. The highest BCUT2D eigenvalue weighted by Crippen LogP contribution is 2.43. The fraction of sp³-hybridized carbons (Fsp3) is 0.848. The second-order valence-electron chi connectivity index (χ2n) is 17.0. The molecule has 1 aliphatic carbocycles. The zero-order valence-electron chi connectivity index (χ0n) is 37.3. The lowest BCUT2D eigenvalue weighted by molar-refractivity contribution is -0.161. The summed E-state index contributed by atoms with van der Waals surface area (Å²) in [4.78, 5) is 47.7. The van der Waals surface area contributed by atoms with Crippen molar-refractivity contribution in [3.05, 3.63) is 24.3 Å². The van der Waals surface area contributed by atoms with Crippen LogP contribution in [0.1, 0.15) is 181 Å². The van der Waals surface area contributed by atoms with Gasteiger partial charge in [0.05, 0.1) is 32.0 Å². The van der Waals surface area contributed by atoms with Crippen molar-refractivity contribution in [1.29, 1.82) is 0 Å². The third-order valence-electron chi connectivity index (χ3n) is 10.9. The van der Waals surface area contributed by atoms with E-state index in [0.29, 0.717) is 32.1 Å². The second-order valence-corrected chi connectivity index (χ2v) is 18.5. The number of hydrogen-bond acceptors (Lipinski definition) is 12. The highest BCUT2D eigenvalue weighted by Gasteiger charge is 2.39. The fourth-order valence-corrected chi connectivity index (χ4v) is 8.01. The van der Waals surface area contributed by atoms with Crippen LogP contribution >= 0.6 is 7.82 Å². The van der Waals surface area contributed by atoms with E-state index in [4.69, 9.17) is 19.1 Å². The van der Waals surface area contributed by atoms with E-state index in [-0.39, 0.29) is 31.0 Å². The number of Topliss-reactive ketones (excluding diaryl/α,β-unsaturated/α-hetero) is 1. The van der Waals surface area contributed by atoms with Crippen LogP contribution in [0, 0.1) is 17.8 Å². The van der Waals surface area contributed by atoms with Crippen molar-refractivity contribution in [3.63, 3.8) is 0 Å². The third-order valence-corrected chi connectivity index (χ3v) is 11.9. The van der Waals surface area contributed by atoms with Crippen LogP contribution in [-0.2, 0) is 37.5 Å². The van der Waals surface area contributed by atoms with Crippen molar-refractivity contribution < 1.29 is 62.8 Å². The van der Waals surface area contributed by atoms with Gasteiger partial charge >= 0.3 is 19.8 Å². The van der Waals surface area contributed by atoms with Crippen molar-refractivity contribution >= 4 is 25.5 Å². The Hall–Kier alpha value is -1.96. The monoisotopic (exact) mass is 875 g/mol. The lowest BCUT2D eigenvalue weighted by Crippen LogP contribution is -2.29. The van der Waals surface area contributed by atoms with E-state index in [2.05, 4.69) is 25.3 Å². The summed E-state index contributed by atoms with van der Waals surface area (Å²) in [6.45, 7) is 4.32. The average molecular weight is 875 g/mol. The van der Waals surface area contributed by atoms with Gasteiger partial charge in [0.25, 0.3) is 0 Å². The number of aliphatic hydroxyl groups is 4. The molecule has 0 spiro atoms. The number of phosphoric ester groups is 1. The molecule has 13 nitrogen and oxygen atoms in total. The molecule has 1 rings (SSSR count). The lowest BCUT2D eigenvalue weighted by atomic mass is 9.90. The van der Waals surface area contributed by atoms with Crippen molar-refractivity contribution in [2.45, 2.75) is 206 Å². The standard InChI is InChI=1S/C46H83O13P/c1-4-5-20-26-38(48)30-31-42-41(43(50)32-44(42)51)27-22-18-19-23-28-45(52)56-35-40(36-58-60(54,55)57-34-39(49)33-47)59-46(53)29-24-17-15-13-11-9-7-6-8-10-12-14-16-21-25-37(2)3/h18,22,30-31,37-43,47-50H,4-17,19-21,23-29,32-36H2,1-3H3,(H,54,55)/b22-18-,31-30+/t38-,39-,40+,41+,42+,43-/m0/s1. The Bertz CT molecular complexity index is 1220. The molecule has 0 aromatic carbocycles. The number of hydrogen-bond donors (Lipinski definition) is 5. The fourth-order valence-electron chi connectivity index (χ4n) is 7.22. The number of carbonyl (C=O) groups excluding carboxylic acids is 3. The smallest absolute Gasteiger partial charge is 0.462 e. The van der Waals surface area contributed by atoms with Crippen molar-refractivity contribution in [1.82, 2.24) is 0 Å². The second kappa shape index (κ2) is 35.5. The topological polar surface area (TPSA) is 206 Å². The summed E-state index contributed by atoms with van der Waals surface area (Å²) in [5.41, 5.74) is 0. The summed E-state index contributed by atoms with van der Waals surface area (Å²) >= 11 is 0. The Morgan fingerprint density at radius 1 is 0.767 bits per heavy atom. The summed E-state index contributed by atoms with van der Waals surface area (Å²) < 4.78 is 32.7. The first-order valence-corrected chi connectivity index (χ1v) is 24.7. The van der Waals surface area contributed by atoms with Gasteiger partial charge in [0.1, 0.15) is 18.5 Å². The van der Waals surface area contributed by atoms with Crippen LogP contribution in [0.25, 0.3) is 0 Å². The molecule has 0 bridgehead atoms. The maximum Gasteiger partial charge on any atom is 0.472 e. The number of unbranched alkanes of at least 4 members (excludes halogenated alkanes) is 16. The van der Waals surface area contributed by atoms with E-state index >= 15 is 0 Å². The minimum absolute atomic E-state index is 0.0417. The first-order chi connectivity index (χ1) is 28.8. The maximum absolute atomic E-state index is 12.7. The first kappa shape index (κ1) is 56.1. The Balaban J connectivity index is 2.43. The molecular weight excluding hydrogens is 791 g/mol. The van der Waals surface area contributed by atoms with Gasteiger partial charge in [0, 0.05) is 31.1 Å². The largest absolute Gasteiger partial charge is 0.472 e. The molecule has 350 valence electrons. The number of allylic oxidation sites excluding steroid dienone is 3. The Labute approximate surface area is 361 Å². The molecule has 1 aliphatic rings. The quantitative estimate of drug-likeness (QED) is 0.0169. The number of esters is 2. The average Bonchev–Trinajstić information content (AvgIpc) is 3.48. The first-order valence-electron chi connectivity index (χ1n) is 23.3. The van der Waals surface area contributed by atoms with Gasteiger partial charge in [-0.1, -0.05) is 154 Å². The molecule has 1 fully saturated rings. The van der Waals surface area contributed by atoms with Gasteiger partial charge in [-0.05, 0) is 38.0 Å². The lowest BCUT2D eigenvalue weighted by Gasteiger charge is -2.20.